The largest absolute Gasteiger partial charge is 0.416 e. The molecule has 1 aliphatic carbocycles. The molecule has 4 rings (SSSR count). The van der Waals surface area contributed by atoms with Crippen molar-refractivity contribution in [2.75, 3.05) is 19.6 Å². The minimum absolute atomic E-state index is 0.121. The number of thiazole rings is 1. The van der Waals surface area contributed by atoms with Crippen LogP contribution in [0.4, 0.5) is 13.2 Å². The molecule has 202 valence electrons. The lowest BCUT2D eigenvalue weighted by Crippen LogP contribution is -2.46. The molecular formula is C26H33F3N4O3S. The monoisotopic (exact) mass is 538 g/mol. The van der Waals surface area contributed by atoms with E-state index < -0.39 is 23.2 Å². The Morgan fingerprint density at radius 1 is 1.22 bits per heavy atom. The molecule has 1 saturated heterocycles. The lowest BCUT2D eigenvalue weighted by Gasteiger charge is -2.36. The molecule has 0 bridgehead atoms. The van der Waals surface area contributed by atoms with Crippen molar-refractivity contribution in [2.45, 2.75) is 75.7 Å². The van der Waals surface area contributed by atoms with Gasteiger partial charge in [0.25, 0.3) is 5.91 Å². The molecule has 0 unspecified atom stereocenters. The molecule has 11 heteroatoms. The Kier molecular flexibility index (Phi) is 8.25. The van der Waals surface area contributed by atoms with Crippen molar-refractivity contribution in [1.82, 2.24) is 20.5 Å². The quantitative estimate of drug-likeness (QED) is 0.495. The third kappa shape index (κ3) is 6.69. The first-order chi connectivity index (χ1) is 17.4. The summed E-state index contributed by atoms with van der Waals surface area (Å²) in [5.74, 6) is -0.652. The lowest BCUT2D eigenvalue weighted by atomic mass is 9.81. The van der Waals surface area contributed by atoms with Crippen LogP contribution in [-0.2, 0) is 16.6 Å². The molecule has 1 atom stereocenters. The molecule has 2 heterocycles. The van der Waals surface area contributed by atoms with Gasteiger partial charge in [-0.2, -0.15) is 13.2 Å². The zero-order valence-electron chi connectivity index (χ0n) is 21.0. The van der Waals surface area contributed by atoms with Gasteiger partial charge in [0.15, 0.2) is 0 Å². The van der Waals surface area contributed by atoms with Crippen LogP contribution in [-0.4, -0.2) is 58.5 Å². The Bertz CT molecular complexity index is 1110. The Hall–Kier alpha value is -2.50. The van der Waals surface area contributed by atoms with Crippen LogP contribution in [0.3, 0.4) is 0 Å². The number of carbonyl (C=O) groups excluding carboxylic acids is 2. The molecule has 2 fully saturated rings. The maximum atomic E-state index is 12.9. The van der Waals surface area contributed by atoms with E-state index in [1.807, 2.05) is 0 Å². The van der Waals surface area contributed by atoms with Crippen molar-refractivity contribution in [3.63, 3.8) is 0 Å². The second-order valence-electron chi connectivity index (χ2n) is 10.3. The van der Waals surface area contributed by atoms with Crippen LogP contribution in [0.15, 0.2) is 30.5 Å². The number of aliphatic hydroxyl groups is 1. The van der Waals surface area contributed by atoms with Gasteiger partial charge in [0.05, 0.1) is 22.0 Å². The number of rotatable bonds is 7. The zero-order chi connectivity index (χ0) is 26.8. The van der Waals surface area contributed by atoms with Gasteiger partial charge in [-0.25, -0.2) is 4.98 Å². The van der Waals surface area contributed by atoms with Gasteiger partial charge in [-0.15, -0.1) is 11.3 Å². The van der Waals surface area contributed by atoms with Crippen LogP contribution in [0.1, 0.15) is 77.7 Å². The summed E-state index contributed by atoms with van der Waals surface area (Å²) < 4.78 is 38.7. The molecule has 37 heavy (non-hydrogen) atoms. The molecule has 2 aliphatic rings. The number of hydrogen-bond donors (Lipinski definition) is 3. The third-order valence-electron chi connectivity index (χ3n) is 7.15. The molecule has 0 radical (unpaired) electrons. The van der Waals surface area contributed by atoms with E-state index >= 15 is 0 Å². The number of likely N-dealkylation sites (tertiary alicyclic amines) is 1. The number of benzene rings is 1. The van der Waals surface area contributed by atoms with Crippen LogP contribution in [0, 0.1) is 0 Å². The van der Waals surface area contributed by atoms with Gasteiger partial charge in [-0.05, 0) is 50.3 Å². The number of nitrogens with zero attached hydrogens (tertiary/aromatic N) is 2. The fourth-order valence-electron chi connectivity index (χ4n) is 4.94. The van der Waals surface area contributed by atoms with Gasteiger partial charge >= 0.3 is 6.18 Å². The number of amides is 2. The number of hydrogen-bond acceptors (Lipinski definition) is 6. The smallest absolute Gasteiger partial charge is 0.384 e. The molecule has 1 saturated carbocycles. The fourth-order valence-corrected chi connectivity index (χ4v) is 6.01. The molecule has 0 spiro atoms. The predicted octanol–water partition coefficient (Wildman–Crippen LogP) is 4.04. The van der Waals surface area contributed by atoms with Gasteiger partial charge in [0.1, 0.15) is 5.60 Å². The van der Waals surface area contributed by atoms with Crippen molar-refractivity contribution in [3.05, 3.63) is 51.5 Å². The first kappa shape index (κ1) is 27.5. The second-order valence-corrected chi connectivity index (χ2v) is 11.3. The maximum Gasteiger partial charge on any atom is 0.416 e. The number of nitrogens with one attached hydrogen (secondary N) is 2. The first-order valence-corrected chi connectivity index (χ1v) is 13.4. The zero-order valence-corrected chi connectivity index (χ0v) is 21.8. The SMILES string of the molecule is CC(C)c1ncc(C2(O)CCC(N[C@H]3CCN(C(=O)CNC(=O)c4cccc(C(F)(F)F)c4)C3)CC2)s1. The number of alkyl halides is 3. The summed E-state index contributed by atoms with van der Waals surface area (Å²) in [4.78, 5) is 31.9. The van der Waals surface area contributed by atoms with Crippen molar-refractivity contribution in [3.8, 4) is 0 Å². The average molecular weight is 539 g/mol. The summed E-state index contributed by atoms with van der Waals surface area (Å²) in [5.41, 5.74) is -1.88. The van der Waals surface area contributed by atoms with Gasteiger partial charge in [0, 0.05) is 42.9 Å². The number of aromatic nitrogens is 1. The van der Waals surface area contributed by atoms with Crippen LogP contribution in [0.5, 0.6) is 0 Å². The van der Waals surface area contributed by atoms with Crippen LogP contribution >= 0.6 is 11.3 Å². The third-order valence-corrected chi connectivity index (χ3v) is 8.64. The van der Waals surface area contributed by atoms with Crippen LogP contribution in [0.2, 0.25) is 0 Å². The van der Waals surface area contributed by atoms with Crippen molar-refractivity contribution >= 4 is 23.2 Å². The van der Waals surface area contributed by atoms with Crippen LogP contribution in [0.25, 0.3) is 0 Å². The molecule has 1 aromatic heterocycles. The van der Waals surface area contributed by atoms with E-state index in [0.29, 0.717) is 31.8 Å². The van der Waals surface area contributed by atoms with E-state index in [2.05, 4.69) is 29.5 Å². The highest BCUT2D eigenvalue weighted by molar-refractivity contribution is 7.11. The van der Waals surface area contributed by atoms with Gasteiger partial charge in [0.2, 0.25) is 5.91 Å². The second kappa shape index (κ2) is 11.1. The van der Waals surface area contributed by atoms with Gasteiger partial charge in [-0.3, -0.25) is 9.59 Å². The molecule has 1 aromatic carbocycles. The van der Waals surface area contributed by atoms with E-state index in [4.69, 9.17) is 0 Å². The number of halogens is 3. The Morgan fingerprint density at radius 2 is 1.95 bits per heavy atom. The first-order valence-electron chi connectivity index (χ1n) is 12.6. The predicted molar refractivity (Wildman–Crippen MR) is 134 cm³/mol. The lowest BCUT2D eigenvalue weighted by molar-refractivity contribution is -0.137. The summed E-state index contributed by atoms with van der Waals surface area (Å²) in [7, 11) is 0. The van der Waals surface area contributed by atoms with Crippen LogP contribution < -0.4 is 10.6 Å². The van der Waals surface area contributed by atoms with E-state index in [1.165, 1.54) is 12.1 Å². The highest BCUT2D eigenvalue weighted by atomic mass is 32.1. The minimum Gasteiger partial charge on any atom is -0.384 e. The van der Waals surface area contributed by atoms with Crippen molar-refractivity contribution in [2.24, 2.45) is 0 Å². The molecular weight excluding hydrogens is 505 g/mol. The summed E-state index contributed by atoms with van der Waals surface area (Å²) >= 11 is 1.59. The minimum atomic E-state index is -4.54. The molecule has 2 aromatic rings. The Morgan fingerprint density at radius 3 is 2.59 bits per heavy atom. The topological polar surface area (TPSA) is 94.6 Å². The molecule has 3 N–H and O–H groups in total. The Balaban J connectivity index is 1.21. The van der Waals surface area contributed by atoms with Crippen molar-refractivity contribution < 1.29 is 27.9 Å². The normalized spacial score (nSPS) is 24.5. The standard InChI is InChI=1S/C26H33F3N4O3S/c1-16(2)24-31-13-21(37-24)25(36)9-6-19(7-10-25)32-20-8-11-33(15-20)22(34)14-30-23(35)17-4-3-5-18(12-17)26(27,28)29/h3-5,12-13,16,19-20,32,36H,6-11,14-15H2,1-2H3,(H,30,35)/t19?,20-,25?/m0/s1. The maximum absolute atomic E-state index is 12.9. The van der Waals surface area contributed by atoms with E-state index in [-0.39, 0.29) is 30.1 Å². The summed E-state index contributed by atoms with van der Waals surface area (Å²) in [6, 6.07) is 4.50. The van der Waals surface area contributed by atoms with E-state index in [0.717, 1.165) is 41.3 Å². The highest BCUT2D eigenvalue weighted by Gasteiger charge is 2.38. The average Bonchev–Trinajstić information content (AvgIpc) is 3.54. The van der Waals surface area contributed by atoms with E-state index in [9.17, 15) is 27.9 Å². The molecule has 1 aliphatic heterocycles. The fraction of sp³-hybridized carbons (Fsp3) is 0.577. The van der Waals surface area contributed by atoms with Crippen molar-refractivity contribution in [1.29, 1.82) is 0 Å². The summed E-state index contributed by atoms with van der Waals surface area (Å²) in [6.45, 7) is 4.96. The highest BCUT2D eigenvalue weighted by Crippen LogP contribution is 2.40. The Labute approximate surface area is 218 Å². The summed E-state index contributed by atoms with van der Waals surface area (Å²) in [5, 5.41) is 18.3. The van der Waals surface area contributed by atoms with Gasteiger partial charge in [-0.1, -0.05) is 19.9 Å². The molecule has 7 nitrogen and oxygen atoms in total. The molecule has 2 amide bonds. The van der Waals surface area contributed by atoms with Gasteiger partial charge < -0.3 is 20.6 Å². The summed E-state index contributed by atoms with van der Waals surface area (Å²) in [6.07, 6.45) is 0.994. The van der Waals surface area contributed by atoms with E-state index in [1.54, 1.807) is 22.4 Å². The number of carbonyl (C=O) groups is 2.